The minimum atomic E-state index is -3.41. The van der Waals surface area contributed by atoms with Crippen molar-refractivity contribution in [3.05, 3.63) is 42.0 Å². The number of allylic oxidation sites excluding steroid dienone is 2. The first kappa shape index (κ1) is 23.1. The maximum atomic E-state index is 13.2. The summed E-state index contributed by atoms with van der Waals surface area (Å²) in [7, 11) is -5.32. The van der Waals surface area contributed by atoms with Crippen molar-refractivity contribution in [1.82, 2.24) is 0 Å². The molecule has 0 aliphatic rings. The Morgan fingerprint density at radius 3 is 2.15 bits per heavy atom. The van der Waals surface area contributed by atoms with Gasteiger partial charge in [-0.05, 0) is 56.5 Å². The molecule has 0 amide bonds. The Labute approximate surface area is 161 Å². The van der Waals surface area contributed by atoms with Crippen molar-refractivity contribution in [2.75, 3.05) is 6.61 Å². The van der Waals surface area contributed by atoms with E-state index in [1.54, 1.807) is 24.3 Å². The van der Waals surface area contributed by atoms with Crippen LogP contribution >= 0.6 is 0 Å². The molecule has 0 aliphatic carbocycles. The largest absolute Gasteiger partial charge is 0.417 e. The lowest BCUT2D eigenvalue weighted by Gasteiger charge is -2.37. The lowest BCUT2D eigenvalue weighted by molar-refractivity contribution is 0.232. The summed E-state index contributed by atoms with van der Waals surface area (Å²) in [6.07, 6.45) is 2.54. The van der Waals surface area contributed by atoms with E-state index in [1.807, 2.05) is 32.9 Å². The molecule has 1 aromatic carbocycles. The van der Waals surface area contributed by atoms with E-state index in [9.17, 15) is 8.42 Å². The molecule has 0 saturated heterocycles. The van der Waals surface area contributed by atoms with Crippen molar-refractivity contribution in [2.24, 2.45) is 5.92 Å². The third-order valence-electron chi connectivity index (χ3n) is 5.38. The first-order valence-corrected chi connectivity index (χ1v) is 13.8. The third-order valence-corrected chi connectivity index (χ3v) is 12.3. The molecule has 3 nitrogen and oxygen atoms in total. The van der Waals surface area contributed by atoms with Crippen molar-refractivity contribution < 1.29 is 12.8 Å². The number of benzene rings is 1. The van der Waals surface area contributed by atoms with Crippen LogP contribution in [-0.2, 0) is 14.3 Å². The Balaban J connectivity index is 3.09. The van der Waals surface area contributed by atoms with Crippen LogP contribution in [0.25, 0.3) is 0 Å². The highest BCUT2D eigenvalue weighted by atomic mass is 32.2. The SMILES string of the molecule is CC(C)=CC[C@@H]([C@H](C)CO[Si](C)(C)C(C)(C)C)S(=O)(=O)c1ccccc1. The standard InChI is InChI=1S/C21H36O3SSi/c1-17(2)14-15-20(25(22,23)19-12-10-9-11-13-19)18(3)16-24-26(7,8)21(4,5)6/h9-14,18,20H,15-16H2,1-8H3/t18-,20+/m1/s1. The smallest absolute Gasteiger partial charge is 0.191 e. The monoisotopic (exact) mass is 396 g/mol. The number of sulfone groups is 1. The Kier molecular flexibility index (Phi) is 7.87. The zero-order chi connectivity index (χ0) is 20.2. The van der Waals surface area contributed by atoms with Gasteiger partial charge in [0, 0.05) is 6.61 Å². The predicted octanol–water partition coefficient (Wildman–Crippen LogP) is 5.84. The van der Waals surface area contributed by atoms with Crippen molar-refractivity contribution in [1.29, 1.82) is 0 Å². The zero-order valence-corrected chi connectivity index (χ0v) is 19.5. The molecule has 0 aliphatic heterocycles. The van der Waals surface area contributed by atoms with Crippen molar-refractivity contribution in [2.45, 2.75) is 76.2 Å². The molecule has 0 radical (unpaired) electrons. The Hall–Kier alpha value is -0.913. The normalized spacial score (nSPS) is 15.4. The highest BCUT2D eigenvalue weighted by Crippen LogP contribution is 2.37. The lowest BCUT2D eigenvalue weighted by Crippen LogP contribution is -2.43. The minimum absolute atomic E-state index is 0.0788. The van der Waals surface area contributed by atoms with E-state index < -0.39 is 23.4 Å². The number of hydrogen-bond acceptors (Lipinski definition) is 3. The van der Waals surface area contributed by atoms with E-state index >= 15 is 0 Å². The van der Waals surface area contributed by atoms with Gasteiger partial charge in [-0.25, -0.2) is 8.42 Å². The van der Waals surface area contributed by atoms with Gasteiger partial charge in [0.05, 0.1) is 10.1 Å². The van der Waals surface area contributed by atoms with E-state index in [1.165, 1.54) is 0 Å². The molecule has 0 fully saturated rings. The highest BCUT2D eigenvalue weighted by Gasteiger charge is 2.39. The Morgan fingerprint density at radius 1 is 1.15 bits per heavy atom. The van der Waals surface area contributed by atoms with E-state index in [0.717, 1.165) is 5.57 Å². The van der Waals surface area contributed by atoms with Crippen LogP contribution in [-0.4, -0.2) is 28.6 Å². The van der Waals surface area contributed by atoms with Crippen LogP contribution in [0.1, 0.15) is 48.0 Å². The summed E-state index contributed by atoms with van der Waals surface area (Å²) in [5, 5.41) is -0.370. The topological polar surface area (TPSA) is 43.4 Å². The molecule has 0 bridgehead atoms. The van der Waals surface area contributed by atoms with Gasteiger partial charge >= 0.3 is 0 Å². The highest BCUT2D eigenvalue weighted by molar-refractivity contribution is 7.92. The van der Waals surface area contributed by atoms with Crippen molar-refractivity contribution in [3.8, 4) is 0 Å². The summed E-state index contributed by atoms with van der Waals surface area (Å²) in [5.41, 5.74) is 1.13. The molecule has 2 atom stereocenters. The Morgan fingerprint density at radius 2 is 1.69 bits per heavy atom. The summed E-state index contributed by atoms with van der Waals surface area (Å²) >= 11 is 0. The minimum Gasteiger partial charge on any atom is -0.417 e. The van der Waals surface area contributed by atoms with E-state index in [2.05, 4.69) is 33.9 Å². The first-order chi connectivity index (χ1) is 11.8. The van der Waals surface area contributed by atoms with Crippen LogP contribution in [0.2, 0.25) is 18.1 Å². The second kappa shape index (κ2) is 8.85. The maximum absolute atomic E-state index is 13.2. The van der Waals surface area contributed by atoms with Gasteiger partial charge in [-0.2, -0.15) is 0 Å². The molecule has 1 aromatic rings. The van der Waals surface area contributed by atoms with Crippen LogP contribution in [0.4, 0.5) is 0 Å². The van der Waals surface area contributed by atoms with Crippen LogP contribution in [0, 0.1) is 5.92 Å². The second-order valence-corrected chi connectivity index (χ2v) is 15.9. The average molecular weight is 397 g/mol. The number of hydrogen-bond donors (Lipinski definition) is 0. The van der Waals surface area contributed by atoms with E-state index in [-0.39, 0.29) is 11.0 Å². The molecule has 26 heavy (non-hydrogen) atoms. The molecule has 0 saturated carbocycles. The van der Waals surface area contributed by atoms with Crippen molar-refractivity contribution >= 4 is 18.2 Å². The third kappa shape index (κ3) is 6.07. The molecular formula is C21H36O3SSi. The predicted molar refractivity (Wildman–Crippen MR) is 114 cm³/mol. The fourth-order valence-electron chi connectivity index (χ4n) is 2.47. The zero-order valence-electron chi connectivity index (χ0n) is 17.7. The number of rotatable bonds is 8. The second-order valence-electron chi connectivity index (χ2n) is 8.96. The van der Waals surface area contributed by atoms with Gasteiger partial charge in [-0.15, -0.1) is 0 Å². The van der Waals surface area contributed by atoms with Gasteiger partial charge < -0.3 is 4.43 Å². The molecule has 0 aromatic heterocycles. The first-order valence-electron chi connectivity index (χ1n) is 9.35. The molecule has 0 unspecified atom stereocenters. The average Bonchev–Trinajstić information content (AvgIpc) is 2.52. The fourth-order valence-corrected chi connectivity index (χ4v) is 5.50. The fraction of sp³-hybridized carbons (Fsp3) is 0.619. The Bertz CT molecular complexity index is 697. The van der Waals surface area contributed by atoms with Crippen LogP contribution in [0.5, 0.6) is 0 Å². The van der Waals surface area contributed by atoms with Gasteiger partial charge in [0.15, 0.2) is 18.2 Å². The molecule has 1 rings (SSSR count). The molecule has 5 heteroatoms. The van der Waals surface area contributed by atoms with E-state index in [4.69, 9.17) is 4.43 Å². The summed E-state index contributed by atoms with van der Waals surface area (Å²) in [6.45, 7) is 17.5. The van der Waals surface area contributed by atoms with Gasteiger partial charge in [-0.1, -0.05) is 57.5 Å². The quantitative estimate of drug-likeness (QED) is 0.409. The van der Waals surface area contributed by atoms with Gasteiger partial charge in [-0.3, -0.25) is 0 Å². The van der Waals surface area contributed by atoms with Crippen LogP contribution in [0.3, 0.4) is 0 Å². The summed E-state index contributed by atoms with van der Waals surface area (Å²) in [6, 6.07) is 8.77. The summed E-state index contributed by atoms with van der Waals surface area (Å²) in [5.74, 6) is -0.0788. The van der Waals surface area contributed by atoms with Crippen molar-refractivity contribution in [3.63, 3.8) is 0 Å². The van der Waals surface area contributed by atoms with Gasteiger partial charge in [0.1, 0.15) is 0 Å². The maximum Gasteiger partial charge on any atom is 0.191 e. The van der Waals surface area contributed by atoms with Gasteiger partial charge in [0.25, 0.3) is 0 Å². The summed E-state index contributed by atoms with van der Waals surface area (Å²) in [4.78, 5) is 0.395. The van der Waals surface area contributed by atoms with Crippen LogP contribution in [0.15, 0.2) is 46.9 Å². The summed E-state index contributed by atoms with van der Waals surface area (Å²) < 4.78 is 32.8. The molecule has 0 heterocycles. The molecule has 0 spiro atoms. The molecule has 148 valence electrons. The van der Waals surface area contributed by atoms with Crippen LogP contribution < -0.4 is 0 Å². The van der Waals surface area contributed by atoms with Gasteiger partial charge in [0.2, 0.25) is 0 Å². The van der Waals surface area contributed by atoms with E-state index in [0.29, 0.717) is 17.9 Å². The lowest BCUT2D eigenvalue weighted by atomic mass is 10.1. The molecule has 0 N–H and O–H groups in total. The molecular weight excluding hydrogens is 360 g/mol.